The lowest BCUT2D eigenvalue weighted by Gasteiger charge is -2.22. The molecule has 0 amide bonds. The minimum atomic E-state index is 0.163. The van der Waals surface area contributed by atoms with E-state index in [-0.39, 0.29) is 5.78 Å². The lowest BCUT2D eigenvalue weighted by Crippen LogP contribution is -2.30. The Morgan fingerprint density at radius 1 is 1.65 bits per heavy atom. The molecule has 2 rings (SSSR count). The second-order valence-electron chi connectivity index (χ2n) is 5.23. The number of nitrogens with one attached hydrogen (secondary N) is 1. The van der Waals surface area contributed by atoms with Gasteiger partial charge < -0.3 is 10.1 Å². The van der Waals surface area contributed by atoms with Gasteiger partial charge in [-0.2, -0.15) is 5.10 Å². The van der Waals surface area contributed by atoms with Crippen LogP contribution >= 0.6 is 15.9 Å². The molecule has 1 aliphatic heterocycles. The molecule has 20 heavy (non-hydrogen) atoms. The van der Waals surface area contributed by atoms with E-state index in [0.29, 0.717) is 31.2 Å². The van der Waals surface area contributed by atoms with Crippen molar-refractivity contribution < 1.29 is 9.53 Å². The first-order chi connectivity index (χ1) is 9.72. The van der Waals surface area contributed by atoms with E-state index in [4.69, 9.17) is 4.74 Å². The Bertz CT molecular complexity index is 442. The number of hydrogen-bond donors (Lipinski definition) is 1. The topological polar surface area (TPSA) is 56.2 Å². The number of Topliss-reactive ketones (excluding diaryl/α,β-unsaturated/α-hetero) is 1. The summed E-state index contributed by atoms with van der Waals surface area (Å²) in [5.74, 6) is 0.790. The quantitative estimate of drug-likeness (QED) is 0.771. The van der Waals surface area contributed by atoms with Crippen molar-refractivity contribution in [1.29, 1.82) is 0 Å². The molecule has 0 aromatic carbocycles. The third kappa shape index (κ3) is 4.14. The zero-order valence-corrected chi connectivity index (χ0v) is 13.5. The highest BCUT2D eigenvalue weighted by Crippen LogP contribution is 2.21. The average Bonchev–Trinajstić information content (AvgIpc) is 2.84. The number of ether oxygens (including phenoxy) is 1. The van der Waals surface area contributed by atoms with Crippen molar-refractivity contribution in [2.75, 3.05) is 26.8 Å². The number of methoxy groups -OCH3 is 1. The number of nitrogens with zero attached hydrogens (tertiary/aromatic N) is 2. The molecule has 1 atom stereocenters. The second kappa shape index (κ2) is 7.90. The molecule has 1 saturated heterocycles. The van der Waals surface area contributed by atoms with Crippen LogP contribution in [0.25, 0.3) is 0 Å². The molecular formula is C14H22BrN3O2. The lowest BCUT2D eigenvalue weighted by molar-refractivity contribution is 0.0956. The van der Waals surface area contributed by atoms with Gasteiger partial charge in [0.2, 0.25) is 0 Å². The van der Waals surface area contributed by atoms with E-state index in [1.807, 2.05) is 0 Å². The zero-order chi connectivity index (χ0) is 14.4. The summed E-state index contributed by atoms with van der Waals surface area (Å²) in [4.78, 5) is 12.4. The molecule has 0 saturated carbocycles. The molecule has 5 nitrogen and oxygen atoms in total. The predicted octanol–water partition coefficient (Wildman–Crippen LogP) is 2.25. The van der Waals surface area contributed by atoms with Gasteiger partial charge in [0, 0.05) is 13.5 Å². The summed E-state index contributed by atoms with van der Waals surface area (Å²) < 4.78 is 7.56. The van der Waals surface area contributed by atoms with Crippen LogP contribution in [0.15, 0.2) is 10.7 Å². The Morgan fingerprint density at radius 2 is 2.50 bits per heavy atom. The van der Waals surface area contributed by atoms with Crippen LogP contribution in [0.4, 0.5) is 0 Å². The van der Waals surface area contributed by atoms with Gasteiger partial charge in [0.1, 0.15) is 5.69 Å². The van der Waals surface area contributed by atoms with Gasteiger partial charge >= 0.3 is 0 Å². The standard InChI is InChI=1S/C14H22BrN3O2/c1-20-8-7-18-14(12(15)10-17-18)13(19)5-4-11-3-2-6-16-9-11/h10-11,16H,2-9H2,1H3. The van der Waals surface area contributed by atoms with Gasteiger partial charge in [0.05, 0.1) is 23.8 Å². The fraction of sp³-hybridized carbons (Fsp3) is 0.714. The Morgan fingerprint density at radius 3 is 3.20 bits per heavy atom. The van der Waals surface area contributed by atoms with E-state index in [1.165, 1.54) is 12.8 Å². The molecule has 1 aromatic rings. The number of aromatic nitrogens is 2. The van der Waals surface area contributed by atoms with E-state index in [9.17, 15) is 4.79 Å². The average molecular weight is 344 g/mol. The van der Waals surface area contributed by atoms with Crippen LogP contribution in [0.5, 0.6) is 0 Å². The smallest absolute Gasteiger partial charge is 0.182 e. The second-order valence-corrected chi connectivity index (χ2v) is 6.09. The summed E-state index contributed by atoms with van der Waals surface area (Å²) in [5.41, 5.74) is 0.672. The molecule has 1 N–H and O–H groups in total. The van der Waals surface area contributed by atoms with E-state index in [1.54, 1.807) is 18.0 Å². The van der Waals surface area contributed by atoms with Crippen LogP contribution in [0.1, 0.15) is 36.2 Å². The van der Waals surface area contributed by atoms with Gasteiger partial charge in [-0.25, -0.2) is 0 Å². The fourth-order valence-corrected chi connectivity index (χ4v) is 3.13. The number of halogens is 1. The van der Waals surface area contributed by atoms with Crippen LogP contribution in [0.3, 0.4) is 0 Å². The number of ketones is 1. The van der Waals surface area contributed by atoms with E-state index >= 15 is 0 Å². The summed E-state index contributed by atoms with van der Waals surface area (Å²) in [7, 11) is 1.65. The molecule has 0 radical (unpaired) electrons. The highest BCUT2D eigenvalue weighted by Gasteiger charge is 2.19. The van der Waals surface area contributed by atoms with Crippen molar-refractivity contribution in [1.82, 2.24) is 15.1 Å². The first-order valence-corrected chi connectivity index (χ1v) is 7.96. The molecule has 0 aliphatic carbocycles. The molecule has 112 valence electrons. The van der Waals surface area contributed by atoms with Crippen molar-refractivity contribution >= 4 is 21.7 Å². The van der Waals surface area contributed by atoms with Crippen molar-refractivity contribution in [3.05, 3.63) is 16.4 Å². The summed E-state index contributed by atoms with van der Waals surface area (Å²) >= 11 is 3.42. The molecular weight excluding hydrogens is 322 g/mol. The summed E-state index contributed by atoms with van der Waals surface area (Å²) in [6.45, 7) is 3.31. The summed E-state index contributed by atoms with van der Waals surface area (Å²) in [6, 6.07) is 0. The monoisotopic (exact) mass is 343 g/mol. The SMILES string of the molecule is COCCn1ncc(Br)c1C(=O)CCC1CCCNC1. The summed E-state index contributed by atoms with van der Waals surface area (Å²) in [6.07, 6.45) is 5.67. The number of rotatable bonds is 7. The normalized spacial score (nSPS) is 19.2. The van der Waals surface area contributed by atoms with E-state index in [0.717, 1.165) is 24.0 Å². The molecule has 1 unspecified atom stereocenters. The molecule has 1 fully saturated rings. The Labute approximate surface area is 128 Å². The first kappa shape index (κ1) is 15.7. The Hall–Kier alpha value is -0.720. The lowest BCUT2D eigenvalue weighted by atomic mass is 9.93. The molecule has 1 aromatic heterocycles. The highest BCUT2D eigenvalue weighted by atomic mass is 79.9. The van der Waals surface area contributed by atoms with Gasteiger partial charge in [0.15, 0.2) is 5.78 Å². The van der Waals surface area contributed by atoms with Crippen LogP contribution in [0, 0.1) is 5.92 Å². The maximum absolute atomic E-state index is 12.4. The molecule has 6 heteroatoms. The minimum Gasteiger partial charge on any atom is -0.383 e. The molecule has 2 heterocycles. The third-order valence-corrected chi connectivity index (χ3v) is 4.33. The van der Waals surface area contributed by atoms with E-state index in [2.05, 4.69) is 26.3 Å². The maximum Gasteiger partial charge on any atom is 0.182 e. The summed E-state index contributed by atoms with van der Waals surface area (Å²) in [5, 5.41) is 7.62. The van der Waals surface area contributed by atoms with Crippen molar-refractivity contribution in [3.63, 3.8) is 0 Å². The van der Waals surface area contributed by atoms with Crippen LogP contribution in [-0.2, 0) is 11.3 Å². The molecule has 1 aliphatic rings. The molecule has 0 spiro atoms. The first-order valence-electron chi connectivity index (χ1n) is 7.16. The zero-order valence-electron chi connectivity index (χ0n) is 11.9. The minimum absolute atomic E-state index is 0.163. The number of hydrogen-bond acceptors (Lipinski definition) is 4. The Balaban J connectivity index is 1.92. The Kier molecular flexibility index (Phi) is 6.19. The third-order valence-electron chi connectivity index (χ3n) is 3.74. The van der Waals surface area contributed by atoms with Gasteiger partial charge in [-0.3, -0.25) is 9.48 Å². The van der Waals surface area contributed by atoms with Crippen LogP contribution < -0.4 is 5.32 Å². The van der Waals surface area contributed by atoms with Crippen molar-refractivity contribution in [3.8, 4) is 0 Å². The van der Waals surface area contributed by atoms with Gasteiger partial charge in [-0.1, -0.05) is 0 Å². The number of carbonyl (C=O) groups is 1. The van der Waals surface area contributed by atoms with Gasteiger partial charge in [-0.15, -0.1) is 0 Å². The predicted molar refractivity (Wildman–Crippen MR) is 81.0 cm³/mol. The number of carbonyl (C=O) groups excluding carboxylic acids is 1. The maximum atomic E-state index is 12.4. The number of piperidine rings is 1. The highest BCUT2D eigenvalue weighted by molar-refractivity contribution is 9.10. The van der Waals surface area contributed by atoms with Crippen molar-refractivity contribution in [2.45, 2.75) is 32.2 Å². The molecule has 0 bridgehead atoms. The van der Waals surface area contributed by atoms with Gasteiger partial charge in [0.25, 0.3) is 0 Å². The van der Waals surface area contributed by atoms with E-state index < -0.39 is 0 Å². The van der Waals surface area contributed by atoms with Gasteiger partial charge in [-0.05, 0) is 54.2 Å². The fourth-order valence-electron chi connectivity index (χ4n) is 2.61. The van der Waals surface area contributed by atoms with Crippen molar-refractivity contribution in [2.24, 2.45) is 5.92 Å². The van der Waals surface area contributed by atoms with Crippen LogP contribution in [-0.4, -0.2) is 42.4 Å². The van der Waals surface area contributed by atoms with Crippen LogP contribution in [0.2, 0.25) is 0 Å². The largest absolute Gasteiger partial charge is 0.383 e.